The molecule has 6 heteroatoms. The second-order valence-corrected chi connectivity index (χ2v) is 5.99. The molecule has 0 unspecified atom stereocenters. The first-order valence-corrected chi connectivity index (χ1v) is 7.70. The molecule has 0 atom stereocenters. The highest BCUT2D eigenvalue weighted by molar-refractivity contribution is 7.86. The fraction of sp³-hybridized carbons (Fsp3) is 0.286. The summed E-state index contributed by atoms with van der Waals surface area (Å²) in [5, 5.41) is 10.1. The molecule has 0 bridgehead atoms. The molecule has 0 aromatic heterocycles. The number of hydrogen-bond donors (Lipinski definition) is 2. The van der Waals surface area contributed by atoms with E-state index in [1.807, 2.05) is 24.1 Å². The van der Waals surface area contributed by atoms with Crippen molar-refractivity contribution in [1.29, 1.82) is 0 Å². The van der Waals surface area contributed by atoms with Crippen LogP contribution in [-0.4, -0.2) is 38.3 Å². The summed E-state index contributed by atoms with van der Waals surface area (Å²) in [5.41, 5.74) is 0.862. The Balaban J connectivity index is 2.59. The molecule has 2 aromatic carbocycles. The van der Waals surface area contributed by atoms with Gasteiger partial charge in [0.25, 0.3) is 10.1 Å². The van der Waals surface area contributed by atoms with Gasteiger partial charge in [-0.25, -0.2) is 0 Å². The van der Waals surface area contributed by atoms with Gasteiger partial charge < -0.3 is 10.0 Å². The quantitative estimate of drug-likeness (QED) is 0.824. The summed E-state index contributed by atoms with van der Waals surface area (Å²) in [6.45, 7) is 0.761. The van der Waals surface area contributed by atoms with Crippen LogP contribution in [0.15, 0.2) is 41.3 Å². The number of rotatable bonds is 5. The molecule has 2 rings (SSSR count). The smallest absolute Gasteiger partial charge is 0.295 e. The maximum absolute atomic E-state index is 11.4. The van der Waals surface area contributed by atoms with Crippen molar-refractivity contribution in [3.63, 3.8) is 0 Å². The highest BCUT2D eigenvalue weighted by atomic mass is 32.2. The molecule has 2 aromatic rings. The predicted octanol–water partition coefficient (Wildman–Crippen LogP) is 1.91. The Labute approximate surface area is 118 Å². The second-order valence-electron chi connectivity index (χ2n) is 4.60. The Morgan fingerprint density at radius 2 is 1.75 bits per heavy atom. The van der Waals surface area contributed by atoms with Crippen LogP contribution in [0.1, 0.15) is 6.42 Å². The minimum Gasteiger partial charge on any atom is -0.396 e. The van der Waals surface area contributed by atoms with Gasteiger partial charge in [-0.2, -0.15) is 8.42 Å². The van der Waals surface area contributed by atoms with Gasteiger partial charge in [0, 0.05) is 36.7 Å². The van der Waals surface area contributed by atoms with Crippen LogP contribution in [0.5, 0.6) is 0 Å². The Bertz CT molecular complexity index is 712. The number of fused-ring (bicyclic) bond motifs is 1. The molecular formula is C14H17NO4S. The van der Waals surface area contributed by atoms with Crippen LogP contribution >= 0.6 is 0 Å². The van der Waals surface area contributed by atoms with Crippen molar-refractivity contribution < 1.29 is 18.1 Å². The van der Waals surface area contributed by atoms with E-state index in [2.05, 4.69) is 0 Å². The number of aliphatic hydroxyl groups excluding tert-OH is 1. The summed E-state index contributed by atoms with van der Waals surface area (Å²) in [5.74, 6) is 0. The van der Waals surface area contributed by atoms with Crippen molar-refractivity contribution in [3.05, 3.63) is 36.4 Å². The molecule has 0 fully saturated rings. The summed E-state index contributed by atoms with van der Waals surface area (Å²) < 4.78 is 32.1. The van der Waals surface area contributed by atoms with E-state index in [4.69, 9.17) is 5.11 Å². The number of nitrogens with zero attached hydrogens (tertiary/aromatic N) is 1. The minimum absolute atomic E-state index is 0.0904. The van der Waals surface area contributed by atoms with E-state index in [-0.39, 0.29) is 11.5 Å². The molecule has 0 saturated carbocycles. The standard InChI is InChI=1S/C14H17NO4S/c1-15(9-4-10-16)13-7-2-6-12-11(13)5-3-8-14(12)20(17,18)19/h2-3,5-8,16H,4,9-10H2,1H3,(H,17,18,19). The van der Waals surface area contributed by atoms with Crippen molar-refractivity contribution >= 4 is 26.6 Å². The Morgan fingerprint density at radius 1 is 1.10 bits per heavy atom. The third-order valence-corrected chi connectivity index (χ3v) is 4.11. The first kappa shape index (κ1) is 14.8. The lowest BCUT2D eigenvalue weighted by atomic mass is 10.1. The van der Waals surface area contributed by atoms with E-state index in [0.29, 0.717) is 18.4 Å². The Kier molecular flexibility index (Phi) is 4.27. The number of benzene rings is 2. The highest BCUT2D eigenvalue weighted by Crippen LogP contribution is 2.30. The average molecular weight is 295 g/mol. The maximum Gasteiger partial charge on any atom is 0.295 e. The zero-order valence-corrected chi connectivity index (χ0v) is 12.0. The van der Waals surface area contributed by atoms with E-state index >= 15 is 0 Å². The van der Waals surface area contributed by atoms with Gasteiger partial charge in [-0.05, 0) is 18.6 Å². The number of anilines is 1. The molecule has 0 aliphatic carbocycles. The van der Waals surface area contributed by atoms with E-state index in [9.17, 15) is 13.0 Å². The number of hydrogen-bond acceptors (Lipinski definition) is 4. The third kappa shape index (κ3) is 2.92. The molecule has 0 amide bonds. The molecule has 0 radical (unpaired) electrons. The molecule has 0 aliphatic rings. The van der Waals surface area contributed by atoms with Gasteiger partial charge in [0.2, 0.25) is 0 Å². The van der Waals surface area contributed by atoms with E-state index in [1.165, 1.54) is 6.07 Å². The Morgan fingerprint density at radius 3 is 2.40 bits per heavy atom. The molecule has 5 nitrogen and oxygen atoms in total. The molecule has 0 aliphatic heterocycles. The molecular weight excluding hydrogens is 278 g/mol. The van der Waals surface area contributed by atoms with E-state index < -0.39 is 10.1 Å². The summed E-state index contributed by atoms with van der Waals surface area (Å²) in [4.78, 5) is 1.86. The maximum atomic E-state index is 11.4. The first-order chi connectivity index (χ1) is 9.45. The molecule has 108 valence electrons. The highest BCUT2D eigenvalue weighted by Gasteiger charge is 2.15. The monoisotopic (exact) mass is 295 g/mol. The lowest BCUT2D eigenvalue weighted by molar-refractivity contribution is 0.290. The van der Waals surface area contributed by atoms with Crippen molar-refractivity contribution in [2.45, 2.75) is 11.3 Å². The van der Waals surface area contributed by atoms with Crippen molar-refractivity contribution in [2.24, 2.45) is 0 Å². The first-order valence-electron chi connectivity index (χ1n) is 6.26. The zero-order chi connectivity index (χ0) is 14.8. The number of aliphatic hydroxyl groups is 1. The summed E-state index contributed by atoms with van der Waals surface area (Å²) in [6.07, 6.45) is 0.630. The van der Waals surface area contributed by atoms with Gasteiger partial charge in [0.1, 0.15) is 4.90 Å². The topological polar surface area (TPSA) is 77.8 Å². The van der Waals surface area contributed by atoms with Crippen molar-refractivity contribution in [2.75, 3.05) is 25.1 Å². The van der Waals surface area contributed by atoms with Crippen LogP contribution in [0.25, 0.3) is 10.8 Å². The predicted molar refractivity (Wildman–Crippen MR) is 78.7 cm³/mol. The third-order valence-electron chi connectivity index (χ3n) is 3.20. The van der Waals surface area contributed by atoms with Crippen LogP contribution < -0.4 is 4.90 Å². The van der Waals surface area contributed by atoms with Gasteiger partial charge in [-0.15, -0.1) is 0 Å². The average Bonchev–Trinajstić information content (AvgIpc) is 2.42. The fourth-order valence-corrected chi connectivity index (χ4v) is 2.96. The normalized spacial score (nSPS) is 11.8. The van der Waals surface area contributed by atoms with Gasteiger partial charge in [0.15, 0.2) is 0 Å². The fourth-order valence-electron chi connectivity index (χ4n) is 2.25. The van der Waals surface area contributed by atoms with Gasteiger partial charge >= 0.3 is 0 Å². The van der Waals surface area contributed by atoms with Crippen LogP contribution in [0.3, 0.4) is 0 Å². The van der Waals surface area contributed by atoms with Gasteiger partial charge in [-0.3, -0.25) is 4.55 Å². The lowest BCUT2D eigenvalue weighted by Gasteiger charge is -2.21. The summed E-state index contributed by atoms with van der Waals surface area (Å²) in [7, 11) is -2.37. The van der Waals surface area contributed by atoms with Crippen LogP contribution in [0.4, 0.5) is 5.69 Å². The molecule has 2 N–H and O–H groups in total. The van der Waals surface area contributed by atoms with Gasteiger partial charge in [-0.1, -0.05) is 24.3 Å². The summed E-state index contributed by atoms with van der Waals surface area (Å²) in [6, 6.07) is 10.1. The molecule has 20 heavy (non-hydrogen) atoms. The Hall–Kier alpha value is -1.63. The lowest BCUT2D eigenvalue weighted by Crippen LogP contribution is -2.19. The van der Waals surface area contributed by atoms with E-state index in [0.717, 1.165) is 11.1 Å². The van der Waals surface area contributed by atoms with E-state index in [1.54, 1.807) is 18.2 Å². The van der Waals surface area contributed by atoms with Gasteiger partial charge in [0.05, 0.1) is 0 Å². The minimum atomic E-state index is -4.25. The molecule has 0 saturated heterocycles. The van der Waals surface area contributed by atoms with Crippen LogP contribution in [0, 0.1) is 0 Å². The van der Waals surface area contributed by atoms with Crippen molar-refractivity contribution in [1.82, 2.24) is 0 Å². The van der Waals surface area contributed by atoms with Crippen LogP contribution in [0.2, 0.25) is 0 Å². The largest absolute Gasteiger partial charge is 0.396 e. The molecule has 0 spiro atoms. The van der Waals surface area contributed by atoms with Crippen LogP contribution in [-0.2, 0) is 10.1 Å². The molecule has 0 heterocycles. The zero-order valence-electron chi connectivity index (χ0n) is 11.2. The summed E-state index contributed by atoms with van der Waals surface area (Å²) >= 11 is 0. The van der Waals surface area contributed by atoms with Crippen molar-refractivity contribution in [3.8, 4) is 0 Å². The second kappa shape index (κ2) is 5.78. The SMILES string of the molecule is CN(CCCO)c1cccc2c(S(=O)(=O)O)cccc12.